The van der Waals surface area contributed by atoms with Crippen LogP contribution in [0, 0.1) is 0 Å². The van der Waals surface area contributed by atoms with E-state index in [4.69, 9.17) is 4.74 Å². The van der Waals surface area contributed by atoms with Crippen molar-refractivity contribution in [3.63, 3.8) is 0 Å². The largest absolute Gasteiger partial charge is 0.497 e. The molecule has 0 saturated heterocycles. The van der Waals surface area contributed by atoms with Crippen molar-refractivity contribution in [3.8, 4) is 5.75 Å². The molecule has 148 valence electrons. The van der Waals surface area contributed by atoms with Crippen molar-refractivity contribution in [1.29, 1.82) is 0 Å². The van der Waals surface area contributed by atoms with E-state index in [1.807, 2.05) is 49.4 Å². The maximum absolute atomic E-state index is 12.7. The molecule has 0 saturated carbocycles. The van der Waals surface area contributed by atoms with E-state index in [-0.39, 0.29) is 17.1 Å². The van der Waals surface area contributed by atoms with Crippen LogP contribution in [0.3, 0.4) is 0 Å². The van der Waals surface area contributed by atoms with E-state index < -0.39 is 0 Å². The number of carbonyl (C=O) groups excluding carboxylic acids is 2. The molecule has 3 rings (SSSR count). The molecule has 0 bridgehead atoms. The van der Waals surface area contributed by atoms with Crippen molar-refractivity contribution >= 4 is 35.0 Å². The molecule has 0 aliphatic carbocycles. The van der Waals surface area contributed by atoms with E-state index >= 15 is 0 Å². The molecule has 3 aromatic carbocycles. The highest BCUT2D eigenvalue weighted by molar-refractivity contribution is 8.00. The number of rotatable bonds is 7. The Morgan fingerprint density at radius 3 is 2.03 bits per heavy atom. The molecule has 0 aliphatic rings. The summed E-state index contributed by atoms with van der Waals surface area (Å²) in [7, 11) is 1.62. The van der Waals surface area contributed by atoms with Gasteiger partial charge in [0.1, 0.15) is 5.75 Å². The van der Waals surface area contributed by atoms with Crippen LogP contribution in [-0.4, -0.2) is 24.2 Å². The van der Waals surface area contributed by atoms with Gasteiger partial charge in [0.25, 0.3) is 5.91 Å². The molecule has 29 heavy (non-hydrogen) atoms. The minimum Gasteiger partial charge on any atom is -0.497 e. The number of anilines is 2. The molecule has 0 heterocycles. The quantitative estimate of drug-likeness (QED) is 0.538. The fraction of sp³-hybridized carbons (Fsp3) is 0.130. The van der Waals surface area contributed by atoms with Gasteiger partial charge in [0, 0.05) is 10.5 Å². The predicted octanol–water partition coefficient (Wildman–Crippen LogP) is 5.07. The summed E-state index contributed by atoms with van der Waals surface area (Å²) in [6.07, 6.45) is 0. The Labute approximate surface area is 174 Å². The zero-order chi connectivity index (χ0) is 20.6. The fourth-order valence-electron chi connectivity index (χ4n) is 2.63. The highest BCUT2D eigenvalue weighted by atomic mass is 32.2. The Bertz CT molecular complexity index is 975. The highest BCUT2D eigenvalue weighted by Gasteiger charge is 2.17. The monoisotopic (exact) mass is 406 g/mol. The van der Waals surface area contributed by atoms with Crippen molar-refractivity contribution in [1.82, 2.24) is 0 Å². The van der Waals surface area contributed by atoms with Gasteiger partial charge in [-0.25, -0.2) is 0 Å². The molecular formula is C23H22N2O3S. The van der Waals surface area contributed by atoms with Crippen LogP contribution in [0.25, 0.3) is 0 Å². The maximum Gasteiger partial charge on any atom is 0.255 e. The third kappa shape index (κ3) is 5.62. The molecule has 3 aromatic rings. The average Bonchev–Trinajstić information content (AvgIpc) is 2.76. The minimum absolute atomic E-state index is 0.146. The number of amides is 2. The van der Waals surface area contributed by atoms with E-state index in [9.17, 15) is 9.59 Å². The number of carbonyl (C=O) groups is 2. The second-order valence-electron chi connectivity index (χ2n) is 6.29. The molecule has 5 nitrogen and oxygen atoms in total. The molecule has 0 radical (unpaired) electrons. The average molecular weight is 407 g/mol. The molecule has 0 aromatic heterocycles. The summed E-state index contributed by atoms with van der Waals surface area (Å²) < 4.78 is 5.15. The molecule has 0 fully saturated rings. The van der Waals surface area contributed by atoms with E-state index in [1.54, 1.807) is 43.5 Å². The number of ether oxygens (including phenoxy) is 1. The lowest BCUT2D eigenvalue weighted by Gasteiger charge is -2.15. The van der Waals surface area contributed by atoms with E-state index in [0.29, 0.717) is 16.9 Å². The molecule has 1 atom stereocenters. The van der Waals surface area contributed by atoms with Crippen LogP contribution in [0.2, 0.25) is 0 Å². The van der Waals surface area contributed by atoms with E-state index in [1.165, 1.54) is 11.8 Å². The summed E-state index contributed by atoms with van der Waals surface area (Å²) in [5, 5.41) is 5.45. The van der Waals surface area contributed by atoms with Crippen LogP contribution in [-0.2, 0) is 4.79 Å². The van der Waals surface area contributed by atoms with Crippen molar-refractivity contribution < 1.29 is 14.3 Å². The second kappa shape index (κ2) is 9.80. The smallest absolute Gasteiger partial charge is 0.255 e. The Balaban J connectivity index is 1.66. The Kier molecular flexibility index (Phi) is 6.92. The van der Waals surface area contributed by atoms with Crippen LogP contribution in [0.5, 0.6) is 5.75 Å². The van der Waals surface area contributed by atoms with Gasteiger partial charge in [-0.2, -0.15) is 0 Å². The van der Waals surface area contributed by atoms with Crippen LogP contribution in [0.4, 0.5) is 11.4 Å². The number of para-hydroxylation sites is 2. The van der Waals surface area contributed by atoms with Crippen LogP contribution >= 0.6 is 11.8 Å². The molecule has 0 aliphatic heterocycles. The van der Waals surface area contributed by atoms with Gasteiger partial charge in [-0.1, -0.05) is 30.3 Å². The summed E-state index contributed by atoms with van der Waals surface area (Å²) in [6.45, 7) is 1.84. The third-order valence-corrected chi connectivity index (χ3v) is 5.32. The summed E-state index contributed by atoms with van der Waals surface area (Å²) in [4.78, 5) is 26.1. The molecule has 2 amide bonds. The van der Waals surface area contributed by atoms with Crippen molar-refractivity contribution in [2.24, 2.45) is 0 Å². The van der Waals surface area contributed by atoms with Gasteiger partial charge in [-0.15, -0.1) is 11.8 Å². The molecule has 0 spiro atoms. The normalized spacial score (nSPS) is 11.4. The number of thioether (sulfide) groups is 1. The highest BCUT2D eigenvalue weighted by Crippen LogP contribution is 2.28. The number of benzene rings is 3. The third-order valence-electron chi connectivity index (χ3n) is 4.21. The van der Waals surface area contributed by atoms with Crippen LogP contribution in [0.1, 0.15) is 17.3 Å². The number of hydrogen-bond acceptors (Lipinski definition) is 4. The fourth-order valence-corrected chi connectivity index (χ4v) is 3.50. The van der Waals surface area contributed by atoms with Gasteiger partial charge in [-0.05, 0) is 55.5 Å². The molecule has 6 heteroatoms. The SMILES string of the molecule is COc1ccc(SC(C)C(=O)Nc2ccccc2NC(=O)c2ccccc2)cc1. The first-order valence-electron chi connectivity index (χ1n) is 9.14. The molecule has 2 N–H and O–H groups in total. The molecular weight excluding hydrogens is 384 g/mol. The lowest BCUT2D eigenvalue weighted by atomic mass is 10.2. The minimum atomic E-state index is -0.318. The first-order valence-corrected chi connectivity index (χ1v) is 10.0. The first kappa shape index (κ1) is 20.5. The second-order valence-corrected chi connectivity index (χ2v) is 7.70. The van der Waals surface area contributed by atoms with E-state index in [2.05, 4.69) is 10.6 Å². The Hall–Kier alpha value is -3.25. The summed E-state index contributed by atoms with van der Waals surface area (Å²) >= 11 is 1.45. The Morgan fingerprint density at radius 2 is 1.41 bits per heavy atom. The van der Waals surface area contributed by atoms with Gasteiger partial charge in [-0.3, -0.25) is 9.59 Å². The van der Waals surface area contributed by atoms with Gasteiger partial charge in [0.05, 0.1) is 23.7 Å². The van der Waals surface area contributed by atoms with Crippen molar-refractivity contribution in [3.05, 3.63) is 84.4 Å². The summed E-state index contributed by atoms with van der Waals surface area (Å²) in [5.41, 5.74) is 1.66. The topological polar surface area (TPSA) is 67.4 Å². The van der Waals surface area contributed by atoms with E-state index in [0.717, 1.165) is 10.6 Å². The zero-order valence-electron chi connectivity index (χ0n) is 16.2. The summed E-state index contributed by atoms with van der Waals surface area (Å²) in [5.74, 6) is 0.398. The van der Waals surface area contributed by atoms with Gasteiger partial charge in [0.15, 0.2) is 0 Å². The van der Waals surface area contributed by atoms with Crippen LogP contribution in [0.15, 0.2) is 83.8 Å². The van der Waals surface area contributed by atoms with Gasteiger partial charge < -0.3 is 15.4 Å². The summed E-state index contributed by atoms with van der Waals surface area (Å²) in [6, 6.07) is 23.7. The van der Waals surface area contributed by atoms with Crippen LogP contribution < -0.4 is 15.4 Å². The number of methoxy groups -OCH3 is 1. The first-order chi connectivity index (χ1) is 14.1. The van der Waals surface area contributed by atoms with Crippen molar-refractivity contribution in [2.45, 2.75) is 17.1 Å². The van der Waals surface area contributed by atoms with Gasteiger partial charge in [0.2, 0.25) is 5.91 Å². The standard InChI is InChI=1S/C23H22N2O3S/c1-16(29-19-14-12-18(28-2)13-15-19)22(26)24-20-10-6-7-11-21(20)25-23(27)17-8-4-3-5-9-17/h3-16H,1-2H3,(H,24,26)(H,25,27). The predicted molar refractivity (Wildman–Crippen MR) is 118 cm³/mol. The van der Waals surface area contributed by atoms with Gasteiger partial charge >= 0.3 is 0 Å². The zero-order valence-corrected chi connectivity index (χ0v) is 17.0. The lowest BCUT2D eigenvalue weighted by molar-refractivity contribution is -0.115. The number of hydrogen-bond donors (Lipinski definition) is 2. The van der Waals surface area contributed by atoms with Crippen molar-refractivity contribution in [2.75, 3.05) is 17.7 Å². The lowest BCUT2D eigenvalue weighted by Crippen LogP contribution is -2.23. The molecule has 1 unspecified atom stereocenters. The Morgan fingerprint density at radius 1 is 0.828 bits per heavy atom. The number of nitrogens with one attached hydrogen (secondary N) is 2. The maximum atomic E-state index is 12.7.